The maximum Gasteiger partial charge on any atom is 0.417 e. The molecule has 0 radical (unpaired) electrons. The molecule has 366 valence electrons. The molecule has 0 spiro atoms. The van der Waals surface area contributed by atoms with Crippen LogP contribution in [-0.2, 0) is 54.4 Å². The lowest BCUT2D eigenvalue weighted by Crippen LogP contribution is -2.48. The number of hydrogen-bond acceptors (Lipinski definition) is 8. The molecule has 6 fully saturated rings. The van der Waals surface area contributed by atoms with Gasteiger partial charge < -0.3 is 24.5 Å². The Kier molecular flexibility index (Phi) is 11.9. The van der Waals surface area contributed by atoms with E-state index < -0.39 is 40.5 Å². The Morgan fingerprint density at radius 1 is 0.765 bits per heavy atom. The molecular weight excluding hydrogens is 890 g/mol. The number of hydrogen-bond donors (Lipinski definition) is 1. The number of ether oxygens (including phenoxy) is 1. The van der Waals surface area contributed by atoms with E-state index in [4.69, 9.17) is 4.74 Å². The van der Waals surface area contributed by atoms with Crippen LogP contribution in [0, 0.1) is 46.2 Å². The lowest BCUT2D eigenvalue weighted by atomic mass is 9.76. The maximum atomic E-state index is 15.1. The van der Waals surface area contributed by atoms with Gasteiger partial charge in [0.25, 0.3) is 0 Å². The second-order valence-corrected chi connectivity index (χ2v) is 21.8. The highest BCUT2D eigenvalue weighted by Gasteiger charge is 2.59. The fraction of sp³-hybridized carbons (Fsp3) is 0.635. The fourth-order valence-electron chi connectivity index (χ4n) is 13.3. The molecule has 5 unspecified atom stereocenters. The predicted molar refractivity (Wildman–Crippen MR) is 238 cm³/mol. The second kappa shape index (κ2) is 17.5. The van der Waals surface area contributed by atoms with Gasteiger partial charge in [0, 0.05) is 113 Å². The molecule has 16 heteroatoms. The van der Waals surface area contributed by atoms with Gasteiger partial charge in [0.1, 0.15) is 0 Å². The van der Waals surface area contributed by atoms with E-state index in [-0.39, 0.29) is 23.8 Å². The van der Waals surface area contributed by atoms with E-state index in [0.717, 1.165) is 95.5 Å². The molecular formula is C52H61F7N6O3. The first-order valence-electron chi connectivity index (χ1n) is 24.9. The van der Waals surface area contributed by atoms with Gasteiger partial charge in [0.2, 0.25) is 5.91 Å². The number of amides is 1. The maximum absolute atomic E-state index is 15.1. The molecule has 8 aliphatic rings. The van der Waals surface area contributed by atoms with Crippen LogP contribution in [0.15, 0.2) is 54.0 Å². The Morgan fingerprint density at radius 3 is 2.06 bits per heavy atom. The standard InChI is InChI=1S/C52H61F7N6O3/c53-43-17-34(3-4-46(43)66)27-63-14-10-50(31-63,48(67)65-12-6-45-37(29-65)19-39(25-61-45)52(57,58)59)23-35-20-40(35)41-21-42(41)47(64-11-5-44-36(28-64)18-38(24-60-44)51(54,55)56)49(22-32-1-2-32)9-13-62(30-49)26-33-7-15-68-16-8-33/h3-4,17-19,24-25,32-33,35,40-41,66H,1-2,5-16,20-23,26-31H2/b47-42+. The first-order chi connectivity index (χ1) is 32.5. The summed E-state index contributed by atoms with van der Waals surface area (Å²) in [5.41, 5.74) is 3.42. The van der Waals surface area contributed by atoms with Crippen LogP contribution in [0.1, 0.15) is 103 Å². The zero-order valence-electron chi connectivity index (χ0n) is 38.5. The van der Waals surface area contributed by atoms with Gasteiger partial charge in [-0.3, -0.25) is 19.7 Å². The van der Waals surface area contributed by atoms with Crippen LogP contribution < -0.4 is 0 Å². The average Bonchev–Trinajstić information content (AvgIpc) is 4.27. The molecule has 11 rings (SSSR count). The molecule has 5 atom stereocenters. The Hall–Kier alpha value is -4.28. The van der Waals surface area contributed by atoms with E-state index in [1.54, 1.807) is 11.0 Å². The number of alkyl halides is 6. The van der Waals surface area contributed by atoms with E-state index >= 15 is 4.79 Å². The lowest BCUT2D eigenvalue weighted by Gasteiger charge is -2.43. The van der Waals surface area contributed by atoms with Gasteiger partial charge in [0.15, 0.2) is 11.6 Å². The third-order valence-corrected chi connectivity index (χ3v) is 17.0. The van der Waals surface area contributed by atoms with Gasteiger partial charge in [-0.25, -0.2) is 4.39 Å². The van der Waals surface area contributed by atoms with Crippen molar-refractivity contribution >= 4 is 5.91 Å². The third kappa shape index (κ3) is 9.38. The molecule has 1 N–H and O–H groups in total. The van der Waals surface area contributed by atoms with E-state index in [9.17, 15) is 35.8 Å². The van der Waals surface area contributed by atoms with Gasteiger partial charge in [-0.1, -0.05) is 18.9 Å². The minimum atomic E-state index is -4.56. The molecule has 2 aromatic heterocycles. The number of pyridine rings is 2. The number of nitrogens with zero attached hydrogens (tertiary/aromatic N) is 6. The molecule has 1 aromatic carbocycles. The summed E-state index contributed by atoms with van der Waals surface area (Å²) in [6, 6.07) is 6.77. The van der Waals surface area contributed by atoms with Crippen LogP contribution in [0.3, 0.4) is 0 Å². The number of fused-ring (bicyclic) bond motifs is 2. The minimum Gasteiger partial charge on any atom is -0.505 e. The van der Waals surface area contributed by atoms with E-state index in [1.807, 2.05) is 0 Å². The Morgan fingerprint density at radius 2 is 1.40 bits per heavy atom. The molecule has 0 bridgehead atoms. The van der Waals surface area contributed by atoms with Gasteiger partial charge in [-0.15, -0.1) is 0 Å². The summed E-state index contributed by atoms with van der Waals surface area (Å²) in [7, 11) is 0. The minimum absolute atomic E-state index is 0.0521. The molecule has 68 heavy (non-hydrogen) atoms. The van der Waals surface area contributed by atoms with Crippen LogP contribution >= 0.6 is 0 Å². The highest BCUT2D eigenvalue weighted by atomic mass is 19.4. The zero-order chi connectivity index (χ0) is 47.2. The summed E-state index contributed by atoms with van der Waals surface area (Å²) in [5, 5.41) is 9.85. The van der Waals surface area contributed by atoms with Crippen LogP contribution in [0.25, 0.3) is 0 Å². The van der Waals surface area contributed by atoms with Gasteiger partial charge in [-0.05, 0) is 141 Å². The van der Waals surface area contributed by atoms with Crippen molar-refractivity contribution in [2.24, 2.45) is 40.4 Å². The third-order valence-electron chi connectivity index (χ3n) is 17.0. The topological polar surface area (TPSA) is 85.3 Å². The smallest absolute Gasteiger partial charge is 0.417 e. The van der Waals surface area contributed by atoms with Crippen molar-refractivity contribution in [1.82, 2.24) is 29.6 Å². The summed E-state index contributed by atoms with van der Waals surface area (Å²) < 4.78 is 104. The van der Waals surface area contributed by atoms with Crippen LogP contribution in [-0.4, -0.2) is 99.6 Å². The van der Waals surface area contributed by atoms with E-state index in [2.05, 4.69) is 24.7 Å². The number of allylic oxidation sites excluding steroid dienone is 1. The number of benzene rings is 1. The van der Waals surface area contributed by atoms with Crippen molar-refractivity contribution in [3.05, 3.63) is 99.0 Å². The first-order valence-corrected chi connectivity index (χ1v) is 24.9. The fourth-order valence-corrected chi connectivity index (χ4v) is 13.3. The van der Waals surface area contributed by atoms with Crippen molar-refractivity contribution < 1.29 is 45.4 Å². The predicted octanol–water partition coefficient (Wildman–Crippen LogP) is 9.41. The number of likely N-dealkylation sites (tertiary alicyclic amines) is 2. The largest absolute Gasteiger partial charge is 0.505 e. The first kappa shape index (κ1) is 46.1. The van der Waals surface area contributed by atoms with E-state index in [1.165, 1.54) is 42.3 Å². The van der Waals surface area contributed by atoms with Gasteiger partial charge in [-0.2, -0.15) is 26.3 Å². The summed E-state index contributed by atoms with van der Waals surface area (Å²) in [6.45, 7) is 7.47. The SMILES string of the molecule is O=C(N1CCc2ncc(C(F)(F)F)cc2C1)C1(CC2CC2C2C/C2=C(\N2CCc3ncc(C(F)(F)F)cc3C2)C2(CC3CC3)CCN(CC3CCOCC3)C2)CCN(Cc2ccc(O)c(F)c2)C1. The number of halogens is 7. The number of aromatic hydroxyl groups is 1. The molecule has 7 heterocycles. The summed E-state index contributed by atoms with van der Waals surface area (Å²) >= 11 is 0. The number of carbonyl (C=O) groups is 1. The van der Waals surface area contributed by atoms with Crippen LogP contribution in [0.5, 0.6) is 5.75 Å². The van der Waals surface area contributed by atoms with Crippen molar-refractivity contribution in [3.63, 3.8) is 0 Å². The monoisotopic (exact) mass is 950 g/mol. The second-order valence-electron chi connectivity index (χ2n) is 21.8. The van der Waals surface area contributed by atoms with Gasteiger partial charge >= 0.3 is 12.4 Å². The Labute approximate surface area is 393 Å². The number of phenols is 1. The van der Waals surface area contributed by atoms with Crippen molar-refractivity contribution in [2.75, 3.05) is 59.0 Å². The Bertz CT molecular complexity index is 2450. The number of carbonyl (C=O) groups excluding carboxylic acids is 1. The quantitative estimate of drug-likeness (QED) is 0.180. The Balaban J connectivity index is 0.880. The van der Waals surface area contributed by atoms with Crippen molar-refractivity contribution in [3.8, 4) is 5.75 Å². The normalized spacial score (nSPS) is 29.8. The average molecular weight is 951 g/mol. The summed E-state index contributed by atoms with van der Waals surface area (Å²) in [6.07, 6.45) is 3.45. The number of aromatic nitrogens is 2. The van der Waals surface area contributed by atoms with Crippen molar-refractivity contribution in [2.45, 2.75) is 109 Å². The summed E-state index contributed by atoms with van der Waals surface area (Å²) in [5.74, 6) is 0.936. The number of phenolic OH excluding ortho intramolecular Hbond substituents is 1. The molecule has 3 aromatic rings. The molecule has 5 aliphatic heterocycles. The summed E-state index contributed by atoms with van der Waals surface area (Å²) in [4.78, 5) is 32.5. The number of rotatable bonds is 12. The molecule has 1 amide bonds. The molecule has 3 aliphatic carbocycles. The lowest BCUT2D eigenvalue weighted by molar-refractivity contribution is -0.143. The van der Waals surface area contributed by atoms with Crippen molar-refractivity contribution in [1.29, 1.82) is 0 Å². The highest BCUT2D eigenvalue weighted by Crippen LogP contribution is 2.65. The van der Waals surface area contributed by atoms with E-state index in [0.29, 0.717) is 111 Å². The van der Waals surface area contributed by atoms with Crippen LogP contribution in [0.2, 0.25) is 0 Å². The van der Waals surface area contributed by atoms with Crippen LogP contribution in [0.4, 0.5) is 30.7 Å². The molecule has 9 nitrogen and oxygen atoms in total. The molecule has 3 saturated carbocycles. The highest BCUT2D eigenvalue weighted by molar-refractivity contribution is 5.84. The molecule has 3 saturated heterocycles. The zero-order valence-corrected chi connectivity index (χ0v) is 38.5. The van der Waals surface area contributed by atoms with Gasteiger partial charge in [0.05, 0.1) is 16.5 Å².